The first-order chi connectivity index (χ1) is 25.2. The van der Waals surface area contributed by atoms with Crippen LogP contribution in [0.2, 0.25) is 0 Å². The Kier molecular flexibility index (Phi) is 8.87. The number of benzene rings is 5. The average Bonchev–Trinajstić information content (AvgIpc) is 3.21. The van der Waals surface area contributed by atoms with E-state index in [-0.39, 0.29) is 0 Å². The van der Waals surface area contributed by atoms with Gasteiger partial charge in [0.05, 0.1) is 33.8 Å². The van der Waals surface area contributed by atoms with E-state index in [2.05, 4.69) is 97.1 Å². The van der Waals surface area contributed by atoms with Gasteiger partial charge in [-0.3, -0.25) is 0 Å². The second-order valence-electron chi connectivity index (χ2n) is 12.3. The number of aromatic nitrogens is 4. The van der Waals surface area contributed by atoms with Gasteiger partial charge in [0.2, 0.25) is 0 Å². The quantitative estimate of drug-likeness (QED) is 0.121. The summed E-state index contributed by atoms with van der Waals surface area (Å²) < 4.78 is 0. The minimum atomic E-state index is 0.711. The molecule has 0 amide bonds. The zero-order valence-electron chi connectivity index (χ0n) is 28.2. The van der Waals surface area contributed by atoms with Gasteiger partial charge in [0, 0.05) is 33.0 Å². The van der Waals surface area contributed by atoms with E-state index in [1.807, 2.05) is 98.0 Å². The molecule has 3 aromatic heterocycles. The molecule has 3 heterocycles. The molecule has 0 radical (unpaired) electrons. The highest BCUT2D eigenvalue weighted by Crippen LogP contribution is 2.31. The molecule has 8 aromatic rings. The van der Waals surface area contributed by atoms with Crippen molar-refractivity contribution >= 4 is 27.9 Å². The first kappa shape index (κ1) is 31.5. The lowest BCUT2D eigenvalue weighted by Crippen LogP contribution is -1.95. The van der Waals surface area contributed by atoms with E-state index in [1.54, 1.807) is 0 Å². The summed E-state index contributed by atoms with van der Waals surface area (Å²) in [5.41, 5.74) is 11.8. The molecule has 0 N–H and O–H groups in total. The maximum Gasteiger partial charge on any atom is 0.160 e. The van der Waals surface area contributed by atoms with Crippen molar-refractivity contribution < 1.29 is 0 Å². The molecule has 0 aliphatic rings. The third-order valence-corrected chi connectivity index (χ3v) is 8.86. The number of fused-ring (bicyclic) bond motifs is 3. The van der Waals surface area contributed by atoms with Crippen molar-refractivity contribution in [3.05, 3.63) is 188 Å². The molecule has 8 rings (SSSR count). The Morgan fingerprint density at radius 2 is 0.863 bits per heavy atom. The van der Waals surface area contributed by atoms with Crippen LogP contribution in [-0.4, -0.2) is 19.9 Å². The average molecular weight is 655 g/mol. The summed E-state index contributed by atoms with van der Waals surface area (Å²) >= 11 is 0. The van der Waals surface area contributed by atoms with E-state index in [4.69, 9.17) is 19.9 Å². The molecule has 51 heavy (non-hydrogen) atoms. The van der Waals surface area contributed by atoms with Gasteiger partial charge in [-0.2, -0.15) is 0 Å². The van der Waals surface area contributed by atoms with Crippen LogP contribution in [0.4, 0.5) is 0 Å². The lowest BCUT2D eigenvalue weighted by molar-refractivity contribution is 1.18. The first-order valence-corrected chi connectivity index (χ1v) is 17.1. The number of hydrogen-bond acceptors (Lipinski definition) is 4. The molecular weight excluding hydrogens is 621 g/mol. The topological polar surface area (TPSA) is 51.6 Å². The molecule has 0 fully saturated rings. The summed E-state index contributed by atoms with van der Waals surface area (Å²) in [7, 11) is 0. The highest BCUT2D eigenvalue weighted by molar-refractivity contribution is 6.03. The Morgan fingerprint density at radius 3 is 1.49 bits per heavy atom. The van der Waals surface area contributed by atoms with Crippen molar-refractivity contribution in [3.8, 4) is 56.3 Å². The van der Waals surface area contributed by atoms with E-state index in [0.717, 1.165) is 78.0 Å². The Labute approximate surface area is 297 Å². The minimum absolute atomic E-state index is 0.711. The van der Waals surface area contributed by atoms with Crippen molar-refractivity contribution in [1.29, 1.82) is 0 Å². The van der Waals surface area contributed by atoms with E-state index < -0.39 is 0 Å². The maximum atomic E-state index is 5.12. The highest BCUT2D eigenvalue weighted by Gasteiger charge is 2.12. The van der Waals surface area contributed by atoms with Crippen LogP contribution in [0.3, 0.4) is 0 Å². The smallest absolute Gasteiger partial charge is 0.160 e. The number of rotatable bonds is 8. The third-order valence-electron chi connectivity index (χ3n) is 8.86. The standard InChI is InChI=1S/C47H34N4/c1-2-3-4-5-12-17-41-30-28-38-26-27-39-29-31-42(49-46(39)45(38)48-41)36-22-18-33(19-23-36)34-20-24-37(25-21-34)44-32-43(35-13-8-6-9-14-35)50-47(51-44)40-15-10-7-11-16-40/h2-32H,1H3/b3-2-,5-4-,17-12+. The predicted molar refractivity (Wildman–Crippen MR) is 213 cm³/mol. The lowest BCUT2D eigenvalue weighted by atomic mass is 9.99. The molecular formula is C47H34N4. The van der Waals surface area contributed by atoms with Crippen molar-refractivity contribution in [3.63, 3.8) is 0 Å². The Balaban J connectivity index is 1.07. The molecule has 0 unspecified atom stereocenters. The SMILES string of the molecule is C\C=C/C=C\C=C\c1ccc2ccc3ccc(-c4ccc(-c5ccc(-c6cc(-c7ccccc7)nc(-c7ccccc7)n6)cc5)cc4)nc3c2n1. The summed E-state index contributed by atoms with van der Waals surface area (Å²) in [6.45, 7) is 2.00. The summed E-state index contributed by atoms with van der Waals surface area (Å²) in [4.78, 5) is 20.0. The molecule has 0 spiro atoms. The van der Waals surface area contributed by atoms with E-state index in [9.17, 15) is 0 Å². The van der Waals surface area contributed by atoms with Crippen LogP contribution in [0.25, 0.3) is 84.2 Å². The molecule has 0 saturated carbocycles. The predicted octanol–water partition coefficient (Wildman–Crippen LogP) is 12.1. The number of pyridine rings is 2. The summed E-state index contributed by atoms with van der Waals surface area (Å²) in [6, 6.07) is 52.3. The molecule has 0 aliphatic carbocycles. The van der Waals surface area contributed by atoms with Gasteiger partial charge in [-0.1, -0.05) is 164 Å². The zero-order valence-corrected chi connectivity index (χ0v) is 28.2. The van der Waals surface area contributed by atoms with Gasteiger partial charge < -0.3 is 0 Å². The molecule has 0 atom stereocenters. The Hall–Kier alpha value is -6.78. The normalized spacial score (nSPS) is 11.8. The first-order valence-electron chi connectivity index (χ1n) is 17.1. The van der Waals surface area contributed by atoms with Crippen molar-refractivity contribution in [2.45, 2.75) is 6.92 Å². The molecule has 0 aliphatic heterocycles. The van der Waals surface area contributed by atoms with E-state index >= 15 is 0 Å². The summed E-state index contributed by atoms with van der Waals surface area (Å²) in [5.74, 6) is 0.711. The fourth-order valence-electron chi connectivity index (χ4n) is 6.17. The van der Waals surface area contributed by atoms with Gasteiger partial charge in [0.1, 0.15) is 0 Å². The van der Waals surface area contributed by atoms with Gasteiger partial charge in [-0.25, -0.2) is 19.9 Å². The molecule has 4 nitrogen and oxygen atoms in total. The molecule has 5 aromatic carbocycles. The third kappa shape index (κ3) is 6.89. The van der Waals surface area contributed by atoms with E-state index in [0.29, 0.717) is 5.82 Å². The van der Waals surface area contributed by atoms with Crippen molar-refractivity contribution in [2.75, 3.05) is 0 Å². The van der Waals surface area contributed by atoms with Crippen LogP contribution in [0.5, 0.6) is 0 Å². The van der Waals surface area contributed by atoms with Gasteiger partial charge in [-0.15, -0.1) is 0 Å². The van der Waals surface area contributed by atoms with Crippen LogP contribution in [0.1, 0.15) is 12.6 Å². The summed E-state index contributed by atoms with van der Waals surface area (Å²) in [5, 5.41) is 2.14. The number of allylic oxidation sites excluding steroid dienone is 5. The van der Waals surface area contributed by atoms with Crippen LogP contribution in [0.15, 0.2) is 182 Å². The monoisotopic (exact) mass is 654 g/mol. The molecule has 0 saturated heterocycles. The fourth-order valence-corrected chi connectivity index (χ4v) is 6.17. The molecule has 0 bridgehead atoms. The van der Waals surface area contributed by atoms with Crippen LogP contribution in [0, 0.1) is 0 Å². The Morgan fingerprint density at radius 1 is 0.373 bits per heavy atom. The minimum Gasteiger partial charge on any atom is -0.246 e. The fraction of sp³-hybridized carbons (Fsp3) is 0.0213. The number of hydrogen-bond donors (Lipinski definition) is 0. The van der Waals surface area contributed by atoms with Crippen LogP contribution in [-0.2, 0) is 0 Å². The van der Waals surface area contributed by atoms with Gasteiger partial charge in [-0.05, 0) is 42.3 Å². The van der Waals surface area contributed by atoms with E-state index in [1.165, 1.54) is 0 Å². The second kappa shape index (κ2) is 14.4. The van der Waals surface area contributed by atoms with Gasteiger partial charge >= 0.3 is 0 Å². The maximum absolute atomic E-state index is 5.12. The second-order valence-corrected chi connectivity index (χ2v) is 12.3. The van der Waals surface area contributed by atoms with Gasteiger partial charge in [0.15, 0.2) is 5.82 Å². The zero-order chi connectivity index (χ0) is 34.4. The highest BCUT2D eigenvalue weighted by atomic mass is 14.9. The van der Waals surface area contributed by atoms with Gasteiger partial charge in [0.25, 0.3) is 0 Å². The largest absolute Gasteiger partial charge is 0.246 e. The van der Waals surface area contributed by atoms with Crippen molar-refractivity contribution in [1.82, 2.24) is 19.9 Å². The molecule has 4 heteroatoms. The van der Waals surface area contributed by atoms with Crippen LogP contribution < -0.4 is 0 Å². The lowest BCUT2D eigenvalue weighted by Gasteiger charge is -2.10. The summed E-state index contributed by atoms with van der Waals surface area (Å²) in [6.07, 6.45) is 12.0. The number of nitrogens with zero attached hydrogens (tertiary/aromatic N) is 4. The molecule has 242 valence electrons. The van der Waals surface area contributed by atoms with Crippen molar-refractivity contribution in [2.24, 2.45) is 0 Å². The Bertz CT molecular complexity index is 2490. The van der Waals surface area contributed by atoms with Crippen LogP contribution >= 0.6 is 0 Å².